The van der Waals surface area contributed by atoms with Crippen molar-refractivity contribution in [2.45, 2.75) is 14.4 Å². The van der Waals surface area contributed by atoms with E-state index in [1.54, 1.807) is 6.92 Å². The standard InChI is InChI=1S/C5H8O3.CH4/c1-3-8-5(7)4(2)6;/h6H,2-3H2,1H3;1H4. The Morgan fingerprint density at radius 2 is 2.22 bits per heavy atom. The van der Waals surface area contributed by atoms with Gasteiger partial charge in [-0.2, -0.15) is 0 Å². The average Bonchev–Trinajstić information content (AvgIpc) is 1.67. The zero-order chi connectivity index (χ0) is 6.57. The van der Waals surface area contributed by atoms with Gasteiger partial charge in [0.25, 0.3) is 0 Å². The maximum atomic E-state index is 10.2. The monoisotopic (exact) mass is 132 g/mol. The van der Waals surface area contributed by atoms with Gasteiger partial charge in [-0.05, 0) is 13.5 Å². The van der Waals surface area contributed by atoms with Gasteiger partial charge < -0.3 is 9.84 Å². The summed E-state index contributed by atoms with van der Waals surface area (Å²) < 4.78 is 4.31. The van der Waals surface area contributed by atoms with E-state index in [2.05, 4.69) is 11.3 Å². The molecule has 0 rings (SSSR count). The molecule has 54 valence electrons. The number of aliphatic hydroxyl groups is 1. The quantitative estimate of drug-likeness (QED) is 0.349. The van der Waals surface area contributed by atoms with Crippen LogP contribution >= 0.6 is 0 Å². The van der Waals surface area contributed by atoms with Crippen molar-refractivity contribution in [1.29, 1.82) is 0 Å². The van der Waals surface area contributed by atoms with Gasteiger partial charge in [0.2, 0.25) is 0 Å². The number of carbonyl (C=O) groups excluding carboxylic acids is 1. The van der Waals surface area contributed by atoms with Crippen LogP contribution in [0.5, 0.6) is 0 Å². The van der Waals surface area contributed by atoms with Crippen LogP contribution in [0, 0.1) is 0 Å². The first kappa shape index (κ1) is 10.9. The number of aliphatic hydroxyl groups excluding tert-OH is 1. The van der Waals surface area contributed by atoms with E-state index in [1.165, 1.54) is 0 Å². The highest BCUT2D eigenvalue weighted by molar-refractivity contribution is 5.84. The molecule has 0 heterocycles. The first-order chi connectivity index (χ1) is 3.68. The lowest BCUT2D eigenvalue weighted by Gasteiger charge is -1.95. The van der Waals surface area contributed by atoms with E-state index in [-0.39, 0.29) is 14.0 Å². The smallest absolute Gasteiger partial charge is 0.372 e. The molecule has 0 saturated carbocycles. The van der Waals surface area contributed by atoms with Gasteiger partial charge in [0.1, 0.15) is 0 Å². The van der Waals surface area contributed by atoms with Crippen molar-refractivity contribution in [3.05, 3.63) is 12.3 Å². The zero-order valence-corrected chi connectivity index (χ0v) is 4.68. The number of rotatable bonds is 2. The molecule has 0 atom stereocenters. The molecule has 0 bridgehead atoms. The molecule has 0 saturated heterocycles. The normalized spacial score (nSPS) is 7.22. The first-order valence-corrected chi connectivity index (χ1v) is 2.23. The molecule has 1 N–H and O–H groups in total. The minimum Gasteiger partial charge on any atom is -0.502 e. The topological polar surface area (TPSA) is 46.5 Å². The van der Waals surface area contributed by atoms with Crippen molar-refractivity contribution in [1.82, 2.24) is 0 Å². The predicted octanol–water partition coefficient (Wildman–Crippen LogP) is 1.26. The fraction of sp³-hybridized carbons (Fsp3) is 0.500. The fourth-order valence-corrected chi connectivity index (χ4v) is 0.214. The van der Waals surface area contributed by atoms with Crippen LogP contribution in [-0.4, -0.2) is 17.7 Å². The summed E-state index contributed by atoms with van der Waals surface area (Å²) in [6.07, 6.45) is 0. The van der Waals surface area contributed by atoms with Crippen molar-refractivity contribution in [3.8, 4) is 0 Å². The highest BCUT2D eigenvalue weighted by Crippen LogP contribution is 1.85. The molecule has 0 fully saturated rings. The van der Waals surface area contributed by atoms with Crippen molar-refractivity contribution in [2.24, 2.45) is 0 Å². The third-order valence-electron chi connectivity index (χ3n) is 0.511. The van der Waals surface area contributed by atoms with E-state index < -0.39 is 11.7 Å². The Morgan fingerprint density at radius 3 is 2.33 bits per heavy atom. The van der Waals surface area contributed by atoms with Crippen LogP contribution in [0.3, 0.4) is 0 Å². The van der Waals surface area contributed by atoms with Crippen molar-refractivity contribution in [3.63, 3.8) is 0 Å². The largest absolute Gasteiger partial charge is 0.502 e. The highest BCUT2D eigenvalue weighted by Gasteiger charge is 2.01. The summed E-state index contributed by atoms with van der Waals surface area (Å²) in [7, 11) is 0. The second-order valence-electron chi connectivity index (χ2n) is 1.17. The third kappa shape index (κ3) is 4.87. The van der Waals surface area contributed by atoms with E-state index in [4.69, 9.17) is 5.11 Å². The molecule has 0 aliphatic carbocycles. The number of hydrogen-bond acceptors (Lipinski definition) is 3. The summed E-state index contributed by atoms with van der Waals surface area (Å²) in [5.41, 5.74) is 0. The van der Waals surface area contributed by atoms with E-state index in [0.29, 0.717) is 0 Å². The molecule has 0 aromatic carbocycles. The number of hydrogen-bond donors (Lipinski definition) is 1. The molecule has 0 aromatic heterocycles. The van der Waals surface area contributed by atoms with Gasteiger partial charge in [0.15, 0.2) is 5.76 Å². The lowest BCUT2D eigenvalue weighted by molar-refractivity contribution is -0.141. The summed E-state index contributed by atoms with van der Waals surface area (Å²) in [5, 5.41) is 8.28. The van der Waals surface area contributed by atoms with Crippen LogP contribution in [0.1, 0.15) is 14.4 Å². The van der Waals surface area contributed by atoms with Crippen molar-refractivity contribution >= 4 is 5.97 Å². The van der Waals surface area contributed by atoms with Crippen LogP contribution in [0.25, 0.3) is 0 Å². The van der Waals surface area contributed by atoms with Gasteiger partial charge in [-0.1, -0.05) is 7.43 Å². The molecule has 9 heavy (non-hydrogen) atoms. The Bertz CT molecular complexity index is 107. The lowest BCUT2D eigenvalue weighted by atomic mass is 10.6. The minimum atomic E-state index is -0.757. The Morgan fingerprint density at radius 1 is 1.78 bits per heavy atom. The highest BCUT2D eigenvalue weighted by atomic mass is 16.5. The van der Waals surface area contributed by atoms with Gasteiger partial charge in [-0.25, -0.2) is 4.79 Å². The second-order valence-corrected chi connectivity index (χ2v) is 1.17. The van der Waals surface area contributed by atoms with Gasteiger partial charge in [-0.15, -0.1) is 0 Å². The van der Waals surface area contributed by atoms with Gasteiger partial charge in [-0.3, -0.25) is 0 Å². The molecule has 0 amide bonds. The van der Waals surface area contributed by atoms with Crippen LogP contribution in [-0.2, 0) is 9.53 Å². The van der Waals surface area contributed by atoms with E-state index in [0.717, 1.165) is 0 Å². The molecule has 0 aliphatic rings. The molecular weight excluding hydrogens is 120 g/mol. The first-order valence-electron chi connectivity index (χ1n) is 2.23. The Balaban J connectivity index is 0. The molecule has 0 radical (unpaired) electrons. The van der Waals surface area contributed by atoms with Crippen LogP contribution < -0.4 is 0 Å². The molecule has 0 spiro atoms. The van der Waals surface area contributed by atoms with Crippen LogP contribution in [0.2, 0.25) is 0 Å². The molecule has 0 aromatic rings. The summed E-state index contributed by atoms with van der Waals surface area (Å²) in [4.78, 5) is 10.2. The maximum absolute atomic E-state index is 10.2. The van der Waals surface area contributed by atoms with Gasteiger partial charge >= 0.3 is 5.97 Å². The summed E-state index contributed by atoms with van der Waals surface area (Å²) in [6.45, 7) is 4.87. The lowest BCUT2D eigenvalue weighted by Crippen LogP contribution is -2.05. The third-order valence-corrected chi connectivity index (χ3v) is 0.511. The van der Waals surface area contributed by atoms with Crippen molar-refractivity contribution in [2.75, 3.05) is 6.61 Å². The van der Waals surface area contributed by atoms with Crippen molar-refractivity contribution < 1.29 is 14.6 Å². The average molecular weight is 132 g/mol. The van der Waals surface area contributed by atoms with Gasteiger partial charge in [0, 0.05) is 0 Å². The molecule has 0 unspecified atom stereocenters. The fourth-order valence-electron chi connectivity index (χ4n) is 0.214. The molecular formula is C6H12O3. The van der Waals surface area contributed by atoms with Crippen LogP contribution in [0.15, 0.2) is 12.3 Å². The molecule has 3 nitrogen and oxygen atoms in total. The Hall–Kier alpha value is -0.990. The van der Waals surface area contributed by atoms with E-state index >= 15 is 0 Å². The maximum Gasteiger partial charge on any atom is 0.372 e. The number of ether oxygens (including phenoxy) is 1. The number of carbonyl (C=O) groups is 1. The van der Waals surface area contributed by atoms with Crippen LogP contribution in [0.4, 0.5) is 0 Å². The van der Waals surface area contributed by atoms with Gasteiger partial charge in [0.05, 0.1) is 6.61 Å². The second kappa shape index (κ2) is 5.15. The number of esters is 1. The summed E-state index contributed by atoms with van der Waals surface area (Å²) in [5.74, 6) is -1.31. The molecule has 3 heteroatoms. The molecule has 0 aliphatic heterocycles. The summed E-state index contributed by atoms with van der Waals surface area (Å²) in [6, 6.07) is 0. The SMILES string of the molecule is C.C=C(O)C(=O)OCC. The minimum absolute atomic E-state index is 0. The van der Waals surface area contributed by atoms with E-state index in [9.17, 15) is 4.79 Å². The summed E-state index contributed by atoms with van der Waals surface area (Å²) >= 11 is 0. The Labute approximate surface area is 54.9 Å². The predicted molar refractivity (Wildman–Crippen MR) is 35.1 cm³/mol. The van der Waals surface area contributed by atoms with E-state index in [1.807, 2.05) is 0 Å². The Kier molecular flexibility index (Phi) is 6.24. The zero-order valence-electron chi connectivity index (χ0n) is 4.68.